The first kappa shape index (κ1) is 14.3. The van der Waals surface area contributed by atoms with Crippen molar-refractivity contribution in [3.63, 3.8) is 0 Å². The van der Waals surface area contributed by atoms with Crippen LogP contribution in [0, 0.1) is 11.7 Å². The number of halogens is 1. The first-order valence-corrected chi connectivity index (χ1v) is 7.48. The minimum absolute atomic E-state index is 0.128. The highest BCUT2D eigenvalue weighted by Crippen LogP contribution is 2.27. The molecule has 1 aliphatic rings. The minimum Gasteiger partial charge on any atom is -0.369 e. The van der Waals surface area contributed by atoms with Crippen LogP contribution in [-0.4, -0.2) is 13.1 Å². The first-order valence-electron chi connectivity index (χ1n) is 7.48. The second-order valence-corrected chi connectivity index (χ2v) is 5.56. The van der Waals surface area contributed by atoms with Gasteiger partial charge in [0.15, 0.2) is 0 Å². The lowest BCUT2D eigenvalue weighted by atomic mass is 9.96. The van der Waals surface area contributed by atoms with Crippen LogP contribution in [-0.2, 0) is 6.54 Å². The maximum atomic E-state index is 14.1. The lowest BCUT2D eigenvalue weighted by molar-refractivity contribution is 0.435. The summed E-state index contributed by atoms with van der Waals surface area (Å²) < 4.78 is 14.1. The second kappa shape index (κ2) is 6.90. The summed E-state index contributed by atoms with van der Waals surface area (Å²) >= 11 is 0. The molecule has 1 unspecified atom stereocenters. The Kier molecular flexibility index (Phi) is 5.20. The topological polar surface area (TPSA) is 29.3 Å². The second-order valence-electron chi connectivity index (χ2n) is 5.56. The molecule has 0 spiro atoms. The van der Waals surface area contributed by atoms with Crippen molar-refractivity contribution < 1.29 is 4.39 Å². The Balaban J connectivity index is 2.05. The normalized spacial score (nSPS) is 20.4. The van der Waals surface area contributed by atoms with Crippen molar-refractivity contribution in [2.24, 2.45) is 11.7 Å². The molecule has 1 aliphatic heterocycles. The van der Waals surface area contributed by atoms with E-state index in [0.717, 1.165) is 30.3 Å². The van der Waals surface area contributed by atoms with Gasteiger partial charge < -0.3 is 10.6 Å². The number of nitrogens with two attached hydrogens (primary N) is 1. The molecule has 1 atom stereocenters. The molecule has 0 aliphatic carbocycles. The fourth-order valence-electron chi connectivity index (χ4n) is 3.04. The molecule has 0 radical (unpaired) electrons. The van der Waals surface area contributed by atoms with E-state index in [1.54, 1.807) is 6.07 Å². The van der Waals surface area contributed by atoms with Gasteiger partial charge in [-0.2, -0.15) is 0 Å². The Hall–Kier alpha value is -1.09. The summed E-state index contributed by atoms with van der Waals surface area (Å²) in [7, 11) is 0. The number of benzene rings is 1. The van der Waals surface area contributed by atoms with Crippen LogP contribution in [0.25, 0.3) is 0 Å². The van der Waals surface area contributed by atoms with Gasteiger partial charge in [0.05, 0.1) is 5.69 Å². The molecule has 1 fully saturated rings. The van der Waals surface area contributed by atoms with Crippen LogP contribution >= 0.6 is 0 Å². The largest absolute Gasteiger partial charge is 0.369 e. The Morgan fingerprint density at radius 3 is 2.84 bits per heavy atom. The van der Waals surface area contributed by atoms with Crippen molar-refractivity contribution in [3.8, 4) is 0 Å². The minimum atomic E-state index is -0.128. The van der Waals surface area contributed by atoms with Crippen molar-refractivity contribution >= 4 is 5.69 Å². The number of hydrogen-bond acceptors (Lipinski definition) is 2. The van der Waals surface area contributed by atoms with Crippen LogP contribution in [0.4, 0.5) is 10.1 Å². The van der Waals surface area contributed by atoms with E-state index in [4.69, 9.17) is 5.73 Å². The van der Waals surface area contributed by atoms with Crippen LogP contribution in [0.15, 0.2) is 18.2 Å². The number of anilines is 1. The van der Waals surface area contributed by atoms with Crippen molar-refractivity contribution in [3.05, 3.63) is 29.6 Å². The van der Waals surface area contributed by atoms with Crippen LogP contribution in [0.5, 0.6) is 0 Å². The highest BCUT2D eigenvalue weighted by atomic mass is 19.1. The summed E-state index contributed by atoms with van der Waals surface area (Å²) in [5, 5.41) is 0. The van der Waals surface area contributed by atoms with Crippen LogP contribution in [0.3, 0.4) is 0 Å². The molecule has 2 nitrogen and oxygen atoms in total. The highest BCUT2D eigenvalue weighted by molar-refractivity contribution is 5.49. The van der Waals surface area contributed by atoms with E-state index >= 15 is 0 Å². The molecule has 106 valence electrons. The molecule has 1 heterocycles. The van der Waals surface area contributed by atoms with Gasteiger partial charge in [-0.05, 0) is 42.9 Å². The van der Waals surface area contributed by atoms with Gasteiger partial charge in [-0.1, -0.05) is 25.8 Å². The van der Waals surface area contributed by atoms with Gasteiger partial charge in [-0.15, -0.1) is 0 Å². The zero-order chi connectivity index (χ0) is 13.7. The summed E-state index contributed by atoms with van der Waals surface area (Å²) in [6.45, 7) is 4.59. The number of hydrogen-bond donors (Lipinski definition) is 1. The smallest absolute Gasteiger partial charge is 0.146 e. The lowest BCUT2D eigenvalue weighted by Crippen LogP contribution is -2.25. The van der Waals surface area contributed by atoms with Gasteiger partial charge in [0, 0.05) is 19.6 Å². The molecule has 0 bridgehead atoms. The van der Waals surface area contributed by atoms with E-state index in [-0.39, 0.29) is 5.82 Å². The molecular formula is C16H25FN2. The summed E-state index contributed by atoms with van der Waals surface area (Å²) in [6.07, 6.45) is 6.20. The molecule has 2 N–H and O–H groups in total. The predicted molar refractivity (Wildman–Crippen MR) is 78.8 cm³/mol. The third-order valence-corrected chi connectivity index (χ3v) is 4.13. The summed E-state index contributed by atoms with van der Waals surface area (Å²) in [6, 6.07) is 5.40. The van der Waals surface area contributed by atoms with E-state index in [0.29, 0.717) is 6.54 Å². The predicted octanol–water partition coefficient (Wildman–Crippen LogP) is 3.69. The molecule has 0 saturated carbocycles. The van der Waals surface area contributed by atoms with Crippen LogP contribution < -0.4 is 10.6 Å². The Morgan fingerprint density at radius 2 is 2.16 bits per heavy atom. The standard InChI is InChI=1S/C16H25FN2/c1-2-4-13-5-3-9-19(10-8-13)16-7-6-14(12-18)11-15(16)17/h6-7,11,13H,2-5,8-10,12,18H2,1H3. The fraction of sp³-hybridized carbons (Fsp3) is 0.625. The Morgan fingerprint density at radius 1 is 1.32 bits per heavy atom. The van der Waals surface area contributed by atoms with E-state index < -0.39 is 0 Å². The molecule has 2 rings (SSSR count). The summed E-state index contributed by atoms with van der Waals surface area (Å²) in [4.78, 5) is 2.20. The third kappa shape index (κ3) is 3.69. The Bertz CT molecular complexity index is 406. The first-order chi connectivity index (χ1) is 9.24. The zero-order valence-electron chi connectivity index (χ0n) is 11.9. The Labute approximate surface area is 115 Å². The SMILES string of the molecule is CCCC1CCCN(c2ccc(CN)cc2F)CC1. The van der Waals surface area contributed by atoms with Gasteiger partial charge in [-0.25, -0.2) is 4.39 Å². The van der Waals surface area contributed by atoms with Gasteiger partial charge in [-0.3, -0.25) is 0 Å². The van der Waals surface area contributed by atoms with Crippen LogP contribution in [0.2, 0.25) is 0 Å². The van der Waals surface area contributed by atoms with E-state index in [1.165, 1.54) is 32.1 Å². The molecule has 1 aromatic carbocycles. The number of rotatable bonds is 4. The van der Waals surface area contributed by atoms with Crippen LogP contribution in [0.1, 0.15) is 44.6 Å². The van der Waals surface area contributed by atoms with E-state index in [2.05, 4.69) is 11.8 Å². The van der Waals surface area contributed by atoms with Crippen molar-refractivity contribution in [2.45, 2.75) is 45.6 Å². The van der Waals surface area contributed by atoms with Crippen molar-refractivity contribution in [2.75, 3.05) is 18.0 Å². The number of nitrogens with zero attached hydrogens (tertiary/aromatic N) is 1. The average Bonchev–Trinajstić information content (AvgIpc) is 2.65. The van der Waals surface area contributed by atoms with Gasteiger partial charge >= 0.3 is 0 Å². The molecule has 1 aromatic rings. The van der Waals surface area contributed by atoms with E-state index in [9.17, 15) is 4.39 Å². The van der Waals surface area contributed by atoms with Gasteiger partial charge in [0.2, 0.25) is 0 Å². The zero-order valence-corrected chi connectivity index (χ0v) is 11.9. The molecule has 0 aromatic heterocycles. The quantitative estimate of drug-likeness (QED) is 0.898. The fourth-order valence-corrected chi connectivity index (χ4v) is 3.04. The van der Waals surface area contributed by atoms with Gasteiger partial charge in [0.1, 0.15) is 5.82 Å². The molecular weight excluding hydrogens is 239 g/mol. The lowest BCUT2D eigenvalue weighted by Gasteiger charge is -2.23. The van der Waals surface area contributed by atoms with Crippen molar-refractivity contribution in [1.82, 2.24) is 0 Å². The summed E-state index contributed by atoms with van der Waals surface area (Å²) in [5.41, 5.74) is 7.15. The van der Waals surface area contributed by atoms with Crippen molar-refractivity contribution in [1.29, 1.82) is 0 Å². The summed E-state index contributed by atoms with van der Waals surface area (Å²) in [5.74, 6) is 0.693. The molecule has 3 heteroatoms. The maximum Gasteiger partial charge on any atom is 0.146 e. The molecule has 1 saturated heterocycles. The third-order valence-electron chi connectivity index (χ3n) is 4.13. The molecule has 0 amide bonds. The monoisotopic (exact) mass is 264 g/mol. The maximum absolute atomic E-state index is 14.1. The van der Waals surface area contributed by atoms with E-state index in [1.807, 2.05) is 12.1 Å². The van der Waals surface area contributed by atoms with Gasteiger partial charge in [0.25, 0.3) is 0 Å². The highest BCUT2D eigenvalue weighted by Gasteiger charge is 2.18. The molecule has 19 heavy (non-hydrogen) atoms. The average molecular weight is 264 g/mol.